The molecule has 1 unspecified atom stereocenters. The number of aromatic nitrogens is 1. The fourth-order valence-corrected chi connectivity index (χ4v) is 8.66. The Kier molecular flexibility index (Phi) is 3.63. The van der Waals surface area contributed by atoms with Gasteiger partial charge in [0.25, 0.3) is 0 Å². The summed E-state index contributed by atoms with van der Waals surface area (Å²) in [6.45, 7) is 0. The van der Waals surface area contributed by atoms with Crippen LogP contribution in [0.15, 0.2) is 109 Å². The molecule has 2 aliphatic heterocycles. The highest BCUT2D eigenvalue weighted by Gasteiger charge is 2.47. The zero-order valence-electron chi connectivity index (χ0n) is 18.5. The first-order valence-corrected chi connectivity index (χ1v) is 13.3. The van der Waals surface area contributed by atoms with Crippen LogP contribution in [0.25, 0.3) is 27.5 Å². The van der Waals surface area contributed by atoms with Crippen LogP contribution in [0.2, 0.25) is 0 Å². The first kappa shape index (κ1) is 19.1. The first-order valence-electron chi connectivity index (χ1n) is 11.6. The summed E-state index contributed by atoms with van der Waals surface area (Å²) in [5.41, 5.74) is 2.98. The number of hydrogen-bond donors (Lipinski definition) is 0. The van der Waals surface area contributed by atoms with E-state index in [4.69, 9.17) is 9.47 Å². The van der Waals surface area contributed by atoms with Crippen molar-refractivity contribution in [1.29, 1.82) is 0 Å². The van der Waals surface area contributed by atoms with Crippen molar-refractivity contribution in [3.8, 4) is 28.7 Å². The molecule has 5 aromatic carbocycles. The van der Waals surface area contributed by atoms with Crippen molar-refractivity contribution < 1.29 is 14.0 Å². The smallest absolute Gasteiger partial charge is 0.185 e. The lowest BCUT2D eigenvalue weighted by Crippen LogP contribution is -2.35. The Labute approximate surface area is 201 Å². The van der Waals surface area contributed by atoms with Crippen molar-refractivity contribution in [3.05, 3.63) is 109 Å². The van der Waals surface area contributed by atoms with Gasteiger partial charge in [-0.2, -0.15) is 0 Å². The van der Waals surface area contributed by atoms with E-state index in [0.717, 1.165) is 27.5 Å². The summed E-state index contributed by atoms with van der Waals surface area (Å²) in [5.74, 6) is 2.43. The molecule has 0 saturated heterocycles. The largest absolute Gasteiger partial charge is 0.456 e. The third-order valence-electron chi connectivity index (χ3n) is 7.05. The Morgan fingerprint density at radius 3 is 1.74 bits per heavy atom. The molecule has 2 aliphatic rings. The number of fused-ring (bicyclic) bond motifs is 7. The van der Waals surface area contributed by atoms with Gasteiger partial charge in [0.1, 0.15) is 22.6 Å². The summed E-state index contributed by atoms with van der Waals surface area (Å²) in [5, 5.41) is 4.38. The van der Waals surface area contributed by atoms with E-state index in [9.17, 15) is 0 Å². The van der Waals surface area contributed by atoms with Gasteiger partial charge in [0.15, 0.2) is 12.9 Å². The second-order valence-electron chi connectivity index (χ2n) is 8.88. The van der Waals surface area contributed by atoms with Crippen LogP contribution in [0.5, 0.6) is 23.0 Å². The van der Waals surface area contributed by atoms with Crippen LogP contribution >= 0.6 is 7.14 Å². The topological polar surface area (TPSA) is 40.5 Å². The summed E-state index contributed by atoms with van der Waals surface area (Å²) in [6, 6.07) is 35.9. The average Bonchev–Trinajstić information content (AvgIpc) is 3.23. The zero-order valence-corrected chi connectivity index (χ0v) is 19.4. The highest BCUT2D eigenvalue weighted by atomic mass is 31.2. The molecule has 0 aliphatic carbocycles. The van der Waals surface area contributed by atoms with Crippen molar-refractivity contribution in [2.24, 2.45) is 0 Å². The minimum atomic E-state index is -3.23. The number of rotatable bonds is 1. The second kappa shape index (κ2) is 6.65. The first-order chi connectivity index (χ1) is 17.2. The number of ether oxygens (including phenoxy) is 2. The quantitative estimate of drug-likeness (QED) is 0.252. The number of hydrogen-bond acceptors (Lipinski definition) is 3. The minimum absolute atomic E-state index is 0.584. The molecule has 8 rings (SSSR count). The van der Waals surface area contributed by atoms with Gasteiger partial charge in [-0.25, -0.2) is 0 Å². The molecule has 0 amide bonds. The molecular formula is C30H18NO3P. The molecule has 0 spiro atoms. The monoisotopic (exact) mass is 471 g/mol. The van der Waals surface area contributed by atoms with Crippen molar-refractivity contribution in [1.82, 2.24) is 4.57 Å². The van der Waals surface area contributed by atoms with Gasteiger partial charge in [0.05, 0.1) is 27.3 Å². The van der Waals surface area contributed by atoms with Crippen LogP contribution in [-0.4, -0.2) is 4.57 Å². The molecule has 0 N–H and O–H groups in total. The number of para-hydroxylation sites is 4. The van der Waals surface area contributed by atoms with E-state index in [-0.39, 0.29) is 0 Å². The van der Waals surface area contributed by atoms with E-state index < -0.39 is 7.14 Å². The number of nitrogens with zero attached hydrogens (tertiary/aromatic N) is 1. The van der Waals surface area contributed by atoms with Crippen LogP contribution < -0.4 is 25.4 Å². The van der Waals surface area contributed by atoms with Gasteiger partial charge in [0, 0.05) is 10.8 Å². The third kappa shape index (κ3) is 2.35. The van der Waals surface area contributed by atoms with Crippen molar-refractivity contribution >= 4 is 44.9 Å². The lowest BCUT2D eigenvalue weighted by atomic mass is 10.2. The van der Waals surface area contributed by atoms with Gasteiger partial charge < -0.3 is 18.6 Å². The molecule has 0 radical (unpaired) electrons. The van der Waals surface area contributed by atoms with Crippen molar-refractivity contribution in [2.45, 2.75) is 0 Å². The predicted molar refractivity (Wildman–Crippen MR) is 140 cm³/mol. The SMILES string of the molecule is O=P12c3ccccc3Oc3ccc(-n4c5ccccc5c5ccccc54)c(c31)Oc1ccccc12. The normalized spacial score (nSPS) is 17.3. The molecule has 0 fully saturated rings. The lowest BCUT2D eigenvalue weighted by Gasteiger charge is -2.35. The summed E-state index contributed by atoms with van der Waals surface area (Å²) in [7, 11) is -3.23. The second-order valence-corrected chi connectivity index (χ2v) is 11.5. The van der Waals surface area contributed by atoms with E-state index >= 15 is 4.57 Å². The highest BCUT2D eigenvalue weighted by Crippen LogP contribution is 2.59. The Hall–Kier alpha value is -4.27. The van der Waals surface area contributed by atoms with E-state index in [1.165, 1.54) is 0 Å². The fourth-order valence-electron chi connectivity index (χ4n) is 5.59. The molecule has 0 bridgehead atoms. The minimum Gasteiger partial charge on any atom is -0.456 e. The molecule has 1 atom stereocenters. The summed E-state index contributed by atoms with van der Waals surface area (Å²) in [6.07, 6.45) is 0. The summed E-state index contributed by atoms with van der Waals surface area (Å²) >= 11 is 0. The molecule has 5 heteroatoms. The lowest BCUT2D eigenvalue weighted by molar-refractivity contribution is 0.460. The van der Waals surface area contributed by atoms with E-state index in [0.29, 0.717) is 38.9 Å². The van der Waals surface area contributed by atoms with E-state index in [1.54, 1.807) is 0 Å². The van der Waals surface area contributed by atoms with Crippen molar-refractivity contribution in [3.63, 3.8) is 0 Å². The maximum absolute atomic E-state index is 15.2. The molecule has 4 nitrogen and oxygen atoms in total. The van der Waals surface area contributed by atoms with E-state index in [1.807, 2.05) is 72.8 Å². The van der Waals surface area contributed by atoms with Gasteiger partial charge in [0.2, 0.25) is 0 Å². The maximum Gasteiger partial charge on any atom is 0.185 e. The number of benzene rings is 5. The Balaban J connectivity index is 1.53. The van der Waals surface area contributed by atoms with Gasteiger partial charge in [-0.3, -0.25) is 0 Å². The third-order valence-corrected chi connectivity index (χ3v) is 10.2. The molecule has 3 heterocycles. The zero-order chi connectivity index (χ0) is 23.1. The van der Waals surface area contributed by atoms with Crippen molar-refractivity contribution in [2.75, 3.05) is 0 Å². The van der Waals surface area contributed by atoms with Crippen LogP contribution in [0.3, 0.4) is 0 Å². The maximum atomic E-state index is 15.2. The molecular weight excluding hydrogens is 453 g/mol. The van der Waals surface area contributed by atoms with Crippen LogP contribution in [0, 0.1) is 0 Å². The average molecular weight is 471 g/mol. The Morgan fingerprint density at radius 2 is 1.09 bits per heavy atom. The van der Waals surface area contributed by atoms with Gasteiger partial charge in [-0.1, -0.05) is 60.7 Å². The predicted octanol–water partition coefficient (Wildman–Crippen LogP) is 6.63. The summed E-state index contributed by atoms with van der Waals surface area (Å²) < 4.78 is 30.3. The van der Waals surface area contributed by atoms with Gasteiger partial charge in [-0.05, 0) is 48.5 Å². The molecule has 166 valence electrons. The Bertz CT molecular complexity index is 1830. The van der Waals surface area contributed by atoms with Crippen LogP contribution in [0.4, 0.5) is 0 Å². The molecule has 35 heavy (non-hydrogen) atoms. The van der Waals surface area contributed by atoms with E-state index in [2.05, 4.69) is 41.0 Å². The fraction of sp³-hybridized carbons (Fsp3) is 0. The highest BCUT2D eigenvalue weighted by molar-refractivity contribution is 7.86. The van der Waals surface area contributed by atoms with Gasteiger partial charge >= 0.3 is 0 Å². The standard InChI is InChI=1S/C30H18NO3P/c32-35-27-15-7-5-13-24(27)33-26-18-17-23(29(30(26)35)34-25-14-6-8-16-28(25)35)31-21-11-3-1-9-19(21)20-10-2-4-12-22(20)31/h1-18H. The van der Waals surface area contributed by atoms with Gasteiger partial charge in [-0.15, -0.1) is 0 Å². The van der Waals surface area contributed by atoms with Crippen LogP contribution in [0.1, 0.15) is 0 Å². The Morgan fingerprint density at radius 1 is 0.543 bits per heavy atom. The summed E-state index contributed by atoms with van der Waals surface area (Å²) in [4.78, 5) is 0. The molecule has 6 aromatic rings. The van der Waals surface area contributed by atoms with Crippen LogP contribution in [-0.2, 0) is 4.57 Å². The molecule has 0 saturated carbocycles. The molecule has 1 aromatic heterocycles.